The van der Waals surface area contributed by atoms with E-state index in [4.69, 9.17) is 4.74 Å². The van der Waals surface area contributed by atoms with Crippen LogP contribution in [0.4, 0.5) is 0 Å². The molecule has 0 amide bonds. The van der Waals surface area contributed by atoms with Gasteiger partial charge in [-0.15, -0.1) is 5.10 Å². The van der Waals surface area contributed by atoms with E-state index < -0.39 is 0 Å². The van der Waals surface area contributed by atoms with Gasteiger partial charge in [0.1, 0.15) is 0 Å². The number of thioether (sulfide) groups is 1. The first-order valence-corrected chi connectivity index (χ1v) is 7.56. The Bertz CT molecular complexity index is 342. The minimum atomic E-state index is 0.638. The van der Waals surface area contributed by atoms with Crippen molar-refractivity contribution in [3.8, 4) is 0 Å². The number of tetrazole rings is 1. The molecule has 1 fully saturated rings. The third-order valence-corrected chi connectivity index (χ3v) is 3.58. The summed E-state index contributed by atoms with van der Waals surface area (Å²) in [4.78, 5) is 0. The van der Waals surface area contributed by atoms with E-state index in [1.54, 1.807) is 11.8 Å². The quantitative estimate of drug-likeness (QED) is 0.391. The highest BCUT2D eigenvalue weighted by Crippen LogP contribution is 2.29. The van der Waals surface area contributed by atoms with Crippen molar-refractivity contribution in [3.05, 3.63) is 0 Å². The molecule has 18 heavy (non-hydrogen) atoms. The minimum absolute atomic E-state index is 0.638. The van der Waals surface area contributed by atoms with Gasteiger partial charge in [0.25, 0.3) is 0 Å². The molecule has 0 radical (unpaired) electrons. The first kappa shape index (κ1) is 13.8. The minimum Gasteiger partial charge on any atom is -0.370 e. The molecule has 1 aromatic rings. The summed E-state index contributed by atoms with van der Waals surface area (Å²) in [5, 5.41) is 15.9. The van der Waals surface area contributed by atoms with Crippen molar-refractivity contribution in [2.75, 3.05) is 25.6 Å². The maximum absolute atomic E-state index is 5.57. The smallest absolute Gasteiger partial charge is 0.211 e. The van der Waals surface area contributed by atoms with Crippen LogP contribution in [0.1, 0.15) is 26.2 Å². The van der Waals surface area contributed by atoms with Crippen molar-refractivity contribution in [1.82, 2.24) is 25.5 Å². The van der Waals surface area contributed by atoms with Gasteiger partial charge in [0.15, 0.2) is 0 Å². The molecule has 102 valence electrons. The van der Waals surface area contributed by atoms with Crippen LogP contribution in [-0.4, -0.2) is 45.8 Å². The van der Waals surface area contributed by atoms with Crippen LogP contribution < -0.4 is 5.32 Å². The lowest BCUT2D eigenvalue weighted by Crippen LogP contribution is -2.21. The maximum atomic E-state index is 5.57. The molecule has 0 aromatic carbocycles. The molecule has 2 rings (SSSR count). The van der Waals surface area contributed by atoms with Crippen molar-refractivity contribution < 1.29 is 4.74 Å². The van der Waals surface area contributed by atoms with Gasteiger partial charge in [-0.3, -0.25) is 0 Å². The highest BCUT2D eigenvalue weighted by Gasteiger charge is 2.21. The van der Waals surface area contributed by atoms with Crippen LogP contribution in [-0.2, 0) is 11.3 Å². The third-order valence-electron chi connectivity index (χ3n) is 2.75. The van der Waals surface area contributed by atoms with E-state index >= 15 is 0 Å². The van der Waals surface area contributed by atoms with Gasteiger partial charge < -0.3 is 10.1 Å². The summed E-state index contributed by atoms with van der Waals surface area (Å²) in [7, 11) is 0. The van der Waals surface area contributed by atoms with Gasteiger partial charge in [-0.25, -0.2) is 4.68 Å². The molecular weight excluding hydrogens is 250 g/mol. The second-order valence-electron chi connectivity index (χ2n) is 4.51. The first-order chi connectivity index (χ1) is 8.90. The standard InChI is InChI=1S/C11H21N5OS/c1-2-5-12-6-7-16-11(13-14-15-16)18-9-17-8-10-3-4-10/h10,12H,2-9H2,1H3. The lowest BCUT2D eigenvalue weighted by molar-refractivity contribution is 0.170. The Balaban J connectivity index is 1.62. The summed E-state index contributed by atoms with van der Waals surface area (Å²) in [6, 6.07) is 0. The molecule has 6 nitrogen and oxygen atoms in total. The Morgan fingerprint density at radius 2 is 2.33 bits per heavy atom. The van der Waals surface area contributed by atoms with Crippen LogP contribution in [0.25, 0.3) is 0 Å². The number of hydrogen-bond acceptors (Lipinski definition) is 6. The zero-order valence-corrected chi connectivity index (χ0v) is 11.7. The van der Waals surface area contributed by atoms with E-state index in [1.165, 1.54) is 12.8 Å². The second kappa shape index (κ2) is 7.70. The van der Waals surface area contributed by atoms with Crippen LogP contribution in [0.5, 0.6) is 0 Å². The predicted molar refractivity (Wildman–Crippen MR) is 70.4 cm³/mol. The largest absolute Gasteiger partial charge is 0.370 e. The van der Waals surface area contributed by atoms with Crippen molar-refractivity contribution in [1.29, 1.82) is 0 Å². The molecule has 1 N–H and O–H groups in total. The SMILES string of the molecule is CCCNCCn1nnnc1SCOCC1CC1. The maximum Gasteiger partial charge on any atom is 0.211 e. The number of nitrogens with zero attached hydrogens (tertiary/aromatic N) is 4. The molecule has 1 saturated carbocycles. The fraction of sp³-hybridized carbons (Fsp3) is 0.909. The molecule has 0 spiro atoms. The molecular formula is C11H21N5OS. The molecule has 1 heterocycles. The molecule has 1 aliphatic rings. The van der Waals surface area contributed by atoms with Gasteiger partial charge in [0.05, 0.1) is 19.1 Å². The van der Waals surface area contributed by atoms with Crippen LogP contribution in [0.3, 0.4) is 0 Å². The number of rotatable bonds is 10. The second-order valence-corrected chi connectivity index (χ2v) is 5.40. The van der Waals surface area contributed by atoms with Crippen LogP contribution in [0.2, 0.25) is 0 Å². The lowest BCUT2D eigenvalue weighted by Gasteiger charge is -2.05. The summed E-state index contributed by atoms with van der Waals surface area (Å²) in [6.45, 7) is 5.78. The van der Waals surface area contributed by atoms with E-state index in [1.807, 2.05) is 4.68 Å². The number of ether oxygens (including phenoxy) is 1. The number of hydrogen-bond donors (Lipinski definition) is 1. The third kappa shape index (κ3) is 4.91. The number of aromatic nitrogens is 4. The van der Waals surface area contributed by atoms with Gasteiger partial charge >= 0.3 is 0 Å². The molecule has 0 atom stereocenters. The number of nitrogens with one attached hydrogen (secondary N) is 1. The summed E-state index contributed by atoms with van der Waals surface area (Å²) in [5.41, 5.74) is 0. The monoisotopic (exact) mass is 271 g/mol. The van der Waals surface area contributed by atoms with Gasteiger partial charge in [0.2, 0.25) is 5.16 Å². The van der Waals surface area contributed by atoms with Crippen molar-refractivity contribution >= 4 is 11.8 Å². The molecule has 0 unspecified atom stereocenters. The topological polar surface area (TPSA) is 64.9 Å². The molecule has 1 aliphatic carbocycles. The lowest BCUT2D eigenvalue weighted by atomic mass is 10.5. The fourth-order valence-electron chi connectivity index (χ4n) is 1.52. The molecule has 0 bridgehead atoms. The predicted octanol–water partition coefficient (Wildman–Crippen LogP) is 1.15. The zero-order valence-electron chi connectivity index (χ0n) is 10.8. The van der Waals surface area contributed by atoms with Crippen molar-refractivity contribution in [2.24, 2.45) is 5.92 Å². The molecule has 0 aliphatic heterocycles. The summed E-state index contributed by atoms with van der Waals surface area (Å²) in [5.74, 6) is 1.44. The van der Waals surface area contributed by atoms with Crippen molar-refractivity contribution in [2.45, 2.75) is 37.9 Å². The fourth-order valence-corrected chi connectivity index (χ4v) is 2.18. The van der Waals surface area contributed by atoms with Gasteiger partial charge in [0, 0.05) is 6.54 Å². The molecule has 0 saturated heterocycles. The van der Waals surface area contributed by atoms with E-state index in [0.29, 0.717) is 5.94 Å². The van der Waals surface area contributed by atoms with Crippen molar-refractivity contribution in [3.63, 3.8) is 0 Å². The van der Waals surface area contributed by atoms with Crippen LogP contribution >= 0.6 is 11.8 Å². The Morgan fingerprint density at radius 3 is 3.11 bits per heavy atom. The van der Waals surface area contributed by atoms with Gasteiger partial charge in [-0.2, -0.15) is 0 Å². The Labute approximate surface area is 112 Å². The average Bonchev–Trinajstić information content (AvgIpc) is 3.10. The Kier molecular flexibility index (Phi) is 5.89. The highest BCUT2D eigenvalue weighted by molar-refractivity contribution is 7.99. The van der Waals surface area contributed by atoms with Crippen LogP contribution in [0.15, 0.2) is 5.16 Å². The summed E-state index contributed by atoms with van der Waals surface area (Å²) in [6.07, 6.45) is 3.79. The van der Waals surface area contributed by atoms with E-state index in [9.17, 15) is 0 Å². The van der Waals surface area contributed by atoms with E-state index in [2.05, 4.69) is 27.8 Å². The van der Waals surface area contributed by atoms with Crippen LogP contribution in [0, 0.1) is 5.92 Å². The Hall–Kier alpha value is -0.660. The van der Waals surface area contributed by atoms with E-state index in [-0.39, 0.29) is 0 Å². The first-order valence-electron chi connectivity index (χ1n) is 6.57. The molecule has 1 aromatic heterocycles. The average molecular weight is 271 g/mol. The summed E-state index contributed by atoms with van der Waals surface area (Å²) >= 11 is 1.56. The molecule has 7 heteroatoms. The zero-order chi connectivity index (χ0) is 12.6. The van der Waals surface area contributed by atoms with E-state index in [0.717, 1.165) is 43.7 Å². The van der Waals surface area contributed by atoms with Gasteiger partial charge in [-0.1, -0.05) is 18.7 Å². The Morgan fingerprint density at radius 1 is 1.44 bits per heavy atom. The highest BCUT2D eigenvalue weighted by atomic mass is 32.2. The summed E-state index contributed by atoms with van der Waals surface area (Å²) < 4.78 is 7.39. The normalized spacial score (nSPS) is 15.2. The van der Waals surface area contributed by atoms with Gasteiger partial charge in [-0.05, 0) is 42.2 Å².